The SMILES string of the molecule is CC1(C(=O)O)CCCC1NC(=O)N1CC=CCC1. The third-order valence-corrected chi connectivity index (χ3v) is 4.09. The van der Waals surface area contributed by atoms with Gasteiger partial charge in [-0.15, -0.1) is 0 Å². The van der Waals surface area contributed by atoms with Crippen LogP contribution < -0.4 is 5.32 Å². The van der Waals surface area contributed by atoms with E-state index in [1.165, 1.54) is 0 Å². The summed E-state index contributed by atoms with van der Waals surface area (Å²) in [6.45, 7) is 3.05. The number of carbonyl (C=O) groups is 2. The van der Waals surface area contributed by atoms with Crippen molar-refractivity contribution in [2.45, 2.75) is 38.6 Å². The molecule has 18 heavy (non-hydrogen) atoms. The monoisotopic (exact) mass is 252 g/mol. The maximum Gasteiger partial charge on any atom is 0.317 e. The van der Waals surface area contributed by atoms with Crippen molar-refractivity contribution in [3.63, 3.8) is 0 Å². The number of aliphatic carboxylic acids is 1. The van der Waals surface area contributed by atoms with Crippen LogP contribution in [0.5, 0.6) is 0 Å². The Morgan fingerprint density at radius 2 is 2.22 bits per heavy atom. The van der Waals surface area contributed by atoms with Crippen LogP contribution in [0.1, 0.15) is 32.6 Å². The van der Waals surface area contributed by atoms with E-state index in [9.17, 15) is 14.7 Å². The molecule has 1 aliphatic carbocycles. The van der Waals surface area contributed by atoms with Crippen molar-refractivity contribution >= 4 is 12.0 Å². The van der Waals surface area contributed by atoms with E-state index in [4.69, 9.17) is 0 Å². The summed E-state index contributed by atoms with van der Waals surface area (Å²) >= 11 is 0. The van der Waals surface area contributed by atoms with Crippen LogP contribution in [-0.2, 0) is 4.79 Å². The minimum absolute atomic E-state index is 0.140. The lowest BCUT2D eigenvalue weighted by Gasteiger charge is -2.31. The molecular weight excluding hydrogens is 232 g/mol. The molecular formula is C13H20N2O3. The Hall–Kier alpha value is -1.52. The number of carboxylic acid groups (broad SMARTS) is 1. The molecule has 1 heterocycles. The van der Waals surface area contributed by atoms with Gasteiger partial charge in [-0.3, -0.25) is 4.79 Å². The van der Waals surface area contributed by atoms with E-state index in [1.807, 2.05) is 6.08 Å². The summed E-state index contributed by atoms with van der Waals surface area (Å²) in [5, 5.41) is 12.2. The van der Waals surface area contributed by atoms with Gasteiger partial charge in [0.15, 0.2) is 0 Å². The molecule has 1 saturated carbocycles. The Kier molecular flexibility index (Phi) is 3.59. The normalized spacial score (nSPS) is 31.4. The van der Waals surface area contributed by atoms with E-state index in [2.05, 4.69) is 11.4 Å². The highest BCUT2D eigenvalue weighted by atomic mass is 16.4. The largest absolute Gasteiger partial charge is 0.481 e. The summed E-state index contributed by atoms with van der Waals surface area (Å²) in [5.41, 5.74) is -0.818. The average Bonchev–Trinajstić information content (AvgIpc) is 2.73. The lowest BCUT2D eigenvalue weighted by molar-refractivity contribution is -0.148. The zero-order valence-electron chi connectivity index (χ0n) is 10.7. The van der Waals surface area contributed by atoms with Crippen molar-refractivity contribution in [1.82, 2.24) is 10.2 Å². The number of carboxylic acids is 1. The van der Waals surface area contributed by atoms with Gasteiger partial charge < -0.3 is 15.3 Å². The zero-order valence-corrected chi connectivity index (χ0v) is 10.7. The van der Waals surface area contributed by atoms with Crippen LogP contribution in [0.3, 0.4) is 0 Å². The average molecular weight is 252 g/mol. The molecule has 0 aromatic rings. The van der Waals surface area contributed by atoms with E-state index < -0.39 is 11.4 Å². The van der Waals surface area contributed by atoms with Crippen molar-refractivity contribution in [3.05, 3.63) is 12.2 Å². The predicted molar refractivity (Wildman–Crippen MR) is 67.2 cm³/mol. The number of carbonyl (C=O) groups excluding carboxylic acids is 1. The second-order valence-corrected chi connectivity index (χ2v) is 5.32. The maximum absolute atomic E-state index is 12.1. The second-order valence-electron chi connectivity index (χ2n) is 5.32. The molecule has 2 aliphatic rings. The van der Waals surface area contributed by atoms with Gasteiger partial charge >= 0.3 is 12.0 Å². The molecule has 0 aromatic carbocycles. The minimum Gasteiger partial charge on any atom is -0.481 e. The Morgan fingerprint density at radius 1 is 1.44 bits per heavy atom. The Morgan fingerprint density at radius 3 is 2.83 bits per heavy atom. The number of nitrogens with zero attached hydrogens (tertiary/aromatic N) is 1. The highest BCUT2D eigenvalue weighted by Gasteiger charge is 2.46. The van der Waals surface area contributed by atoms with Crippen LogP contribution in [0.2, 0.25) is 0 Å². The van der Waals surface area contributed by atoms with E-state index in [0.717, 1.165) is 19.3 Å². The summed E-state index contributed by atoms with van der Waals surface area (Å²) in [7, 11) is 0. The van der Waals surface area contributed by atoms with Crippen LogP contribution in [0.25, 0.3) is 0 Å². The topological polar surface area (TPSA) is 69.6 Å². The second kappa shape index (κ2) is 5.00. The first-order valence-electron chi connectivity index (χ1n) is 6.48. The van der Waals surface area contributed by atoms with Gasteiger partial charge in [-0.1, -0.05) is 18.6 Å². The smallest absolute Gasteiger partial charge is 0.317 e. The first-order chi connectivity index (χ1) is 8.54. The summed E-state index contributed by atoms with van der Waals surface area (Å²) < 4.78 is 0. The maximum atomic E-state index is 12.1. The first kappa shape index (κ1) is 12.9. The van der Waals surface area contributed by atoms with Crippen molar-refractivity contribution in [2.24, 2.45) is 5.41 Å². The van der Waals surface area contributed by atoms with Gasteiger partial charge in [-0.2, -0.15) is 0 Å². The molecule has 0 aromatic heterocycles. The van der Waals surface area contributed by atoms with Crippen LogP contribution >= 0.6 is 0 Å². The predicted octanol–water partition coefficient (Wildman–Crippen LogP) is 1.60. The molecule has 0 saturated heterocycles. The van der Waals surface area contributed by atoms with E-state index in [1.54, 1.807) is 11.8 Å². The minimum atomic E-state index is -0.818. The quantitative estimate of drug-likeness (QED) is 0.733. The van der Waals surface area contributed by atoms with Crippen LogP contribution in [0, 0.1) is 5.41 Å². The van der Waals surface area contributed by atoms with Crippen LogP contribution in [-0.4, -0.2) is 41.1 Å². The summed E-state index contributed by atoms with van der Waals surface area (Å²) in [6.07, 6.45) is 7.13. The van der Waals surface area contributed by atoms with Gasteiger partial charge in [0.2, 0.25) is 0 Å². The van der Waals surface area contributed by atoms with Crippen molar-refractivity contribution < 1.29 is 14.7 Å². The molecule has 2 amide bonds. The number of hydrogen-bond acceptors (Lipinski definition) is 2. The molecule has 0 bridgehead atoms. The number of amides is 2. The molecule has 1 fully saturated rings. The van der Waals surface area contributed by atoms with Crippen LogP contribution in [0.4, 0.5) is 4.79 Å². The third kappa shape index (κ3) is 2.35. The Balaban J connectivity index is 1.98. The van der Waals surface area contributed by atoms with Crippen molar-refractivity contribution in [1.29, 1.82) is 0 Å². The molecule has 5 heteroatoms. The highest BCUT2D eigenvalue weighted by Crippen LogP contribution is 2.38. The lowest BCUT2D eigenvalue weighted by Crippen LogP contribution is -2.51. The van der Waals surface area contributed by atoms with E-state index in [-0.39, 0.29) is 12.1 Å². The molecule has 2 rings (SSSR count). The standard InChI is InChI=1S/C13H20N2O3/c1-13(11(16)17)7-5-6-10(13)14-12(18)15-8-3-2-4-9-15/h2-3,10H,4-9H2,1H3,(H,14,18)(H,16,17). The molecule has 2 N–H and O–H groups in total. The molecule has 2 unspecified atom stereocenters. The fourth-order valence-corrected chi connectivity index (χ4v) is 2.72. The van der Waals surface area contributed by atoms with Gasteiger partial charge in [-0.25, -0.2) is 4.79 Å². The summed E-state index contributed by atoms with van der Waals surface area (Å²) in [6, 6.07) is -0.396. The summed E-state index contributed by atoms with van der Waals surface area (Å²) in [5.74, 6) is -0.816. The molecule has 100 valence electrons. The van der Waals surface area contributed by atoms with Crippen molar-refractivity contribution in [2.75, 3.05) is 13.1 Å². The van der Waals surface area contributed by atoms with Gasteiger partial charge in [0.05, 0.1) is 5.41 Å². The number of rotatable bonds is 2. The van der Waals surface area contributed by atoms with E-state index in [0.29, 0.717) is 19.5 Å². The zero-order chi connectivity index (χ0) is 13.2. The first-order valence-corrected chi connectivity index (χ1v) is 6.48. The fraction of sp³-hybridized carbons (Fsp3) is 0.692. The molecule has 0 radical (unpaired) electrons. The van der Waals surface area contributed by atoms with Gasteiger partial charge in [0, 0.05) is 19.1 Å². The Labute approximate surface area is 107 Å². The number of urea groups is 1. The summed E-state index contributed by atoms with van der Waals surface area (Å²) in [4.78, 5) is 25.1. The van der Waals surface area contributed by atoms with Gasteiger partial charge in [0.25, 0.3) is 0 Å². The number of hydrogen-bond donors (Lipinski definition) is 2. The van der Waals surface area contributed by atoms with E-state index >= 15 is 0 Å². The van der Waals surface area contributed by atoms with Crippen LogP contribution in [0.15, 0.2) is 12.2 Å². The fourth-order valence-electron chi connectivity index (χ4n) is 2.72. The Bertz CT molecular complexity index is 380. The van der Waals surface area contributed by atoms with Gasteiger partial charge in [0.1, 0.15) is 0 Å². The lowest BCUT2D eigenvalue weighted by atomic mass is 9.85. The molecule has 5 nitrogen and oxygen atoms in total. The highest BCUT2D eigenvalue weighted by molar-refractivity contribution is 5.79. The molecule has 1 aliphatic heterocycles. The van der Waals surface area contributed by atoms with Crippen molar-refractivity contribution in [3.8, 4) is 0 Å². The van der Waals surface area contributed by atoms with Gasteiger partial charge in [-0.05, 0) is 26.2 Å². The number of nitrogens with one attached hydrogen (secondary N) is 1. The molecule has 2 atom stereocenters. The molecule has 0 spiro atoms. The third-order valence-electron chi connectivity index (χ3n) is 4.09.